The third-order valence-electron chi connectivity index (χ3n) is 5.63. The molecule has 7 nitrogen and oxygen atoms in total. The van der Waals surface area contributed by atoms with E-state index in [1.165, 1.54) is 19.3 Å². The van der Waals surface area contributed by atoms with Crippen molar-refractivity contribution in [1.82, 2.24) is 4.98 Å². The average Bonchev–Trinajstić information content (AvgIpc) is 2.85. The van der Waals surface area contributed by atoms with Crippen LogP contribution in [0.4, 0.5) is 11.4 Å². The molecule has 34 heavy (non-hydrogen) atoms. The lowest BCUT2D eigenvalue weighted by atomic mass is 10.1. The van der Waals surface area contributed by atoms with Crippen molar-refractivity contribution in [3.8, 4) is 11.5 Å². The molecule has 0 saturated heterocycles. The van der Waals surface area contributed by atoms with Gasteiger partial charge in [-0.1, -0.05) is 58.8 Å². The van der Waals surface area contributed by atoms with E-state index in [4.69, 9.17) is 14.6 Å². The van der Waals surface area contributed by atoms with Crippen LogP contribution in [-0.2, 0) is 4.79 Å². The second-order valence-corrected chi connectivity index (χ2v) is 8.68. The number of pyridine rings is 1. The van der Waals surface area contributed by atoms with E-state index < -0.39 is 5.97 Å². The number of benzene rings is 1. The Morgan fingerprint density at radius 3 is 2.21 bits per heavy atom. The van der Waals surface area contributed by atoms with Gasteiger partial charge in [0.1, 0.15) is 0 Å². The number of ether oxygens (including phenoxy) is 2. The lowest BCUT2D eigenvalue weighted by Crippen LogP contribution is -2.08. The van der Waals surface area contributed by atoms with Crippen LogP contribution in [0.2, 0.25) is 0 Å². The molecule has 1 aromatic heterocycles. The molecule has 1 N–H and O–H groups in total. The van der Waals surface area contributed by atoms with Gasteiger partial charge in [-0.15, -0.1) is 0 Å². The molecule has 1 aromatic carbocycles. The number of hydrogen-bond acceptors (Lipinski definition) is 6. The molecular weight excluding hydrogens is 430 g/mol. The molecule has 0 radical (unpaired) electrons. The van der Waals surface area contributed by atoms with Gasteiger partial charge in [0, 0.05) is 24.9 Å². The Morgan fingerprint density at radius 2 is 1.53 bits per heavy atom. The number of hydrogen-bond donors (Lipinski definition) is 1. The summed E-state index contributed by atoms with van der Waals surface area (Å²) in [6.07, 6.45) is 13.3. The van der Waals surface area contributed by atoms with E-state index in [-0.39, 0.29) is 6.42 Å². The molecule has 0 saturated carbocycles. The Bertz CT molecular complexity index is 858. The molecule has 0 aliphatic heterocycles. The van der Waals surface area contributed by atoms with Gasteiger partial charge in [-0.3, -0.25) is 9.78 Å². The molecule has 0 bridgehead atoms. The molecule has 0 aliphatic carbocycles. The maximum Gasteiger partial charge on any atom is 0.303 e. The molecule has 7 heteroatoms. The van der Waals surface area contributed by atoms with E-state index in [0.717, 1.165) is 50.0 Å². The SMILES string of the molecule is CC[C@H](C)COc1cc(N=Nc2ccncc2)ccc1OCCCCCCCCCCC(=O)O. The van der Waals surface area contributed by atoms with Crippen LogP contribution in [0, 0.1) is 5.92 Å². The van der Waals surface area contributed by atoms with E-state index in [2.05, 4.69) is 29.1 Å². The molecule has 0 fully saturated rings. The second-order valence-electron chi connectivity index (χ2n) is 8.68. The topological polar surface area (TPSA) is 93.4 Å². The number of rotatable bonds is 18. The highest BCUT2D eigenvalue weighted by Gasteiger charge is 2.09. The number of aliphatic carboxylic acids is 1. The van der Waals surface area contributed by atoms with Crippen LogP contribution < -0.4 is 9.47 Å². The van der Waals surface area contributed by atoms with Crippen molar-refractivity contribution >= 4 is 17.3 Å². The summed E-state index contributed by atoms with van der Waals surface area (Å²) in [5, 5.41) is 17.2. The van der Waals surface area contributed by atoms with Crippen LogP contribution in [0.1, 0.15) is 78.1 Å². The Balaban J connectivity index is 1.77. The summed E-state index contributed by atoms with van der Waals surface area (Å²) < 4.78 is 12.1. The van der Waals surface area contributed by atoms with Crippen LogP contribution in [0.15, 0.2) is 53.0 Å². The van der Waals surface area contributed by atoms with Crippen LogP contribution in [0.5, 0.6) is 11.5 Å². The van der Waals surface area contributed by atoms with Gasteiger partial charge in [-0.2, -0.15) is 10.2 Å². The van der Waals surface area contributed by atoms with Crippen molar-refractivity contribution in [2.45, 2.75) is 78.1 Å². The summed E-state index contributed by atoms with van der Waals surface area (Å²) in [5.74, 6) is 1.20. The maximum absolute atomic E-state index is 10.5. The number of carbonyl (C=O) groups is 1. The summed E-state index contributed by atoms with van der Waals surface area (Å²) in [4.78, 5) is 14.5. The molecule has 1 heterocycles. The number of azo groups is 1. The largest absolute Gasteiger partial charge is 0.490 e. The van der Waals surface area contributed by atoms with Gasteiger partial charge >= 0.3 is 5.97 Å². The predicted molar refractivity (Wildman–Crippen MR) is 134 cm³/mol. The highest BCUT2D eigenvalue weighted by Crippen LogP contribution is 2.33. The van der Waals surface area contributed by atoms with E-state index >= 15 is 0 Å². The normalized spacial score (nSPS) is 12.1. The van der Waals surface area contributed by atoms with E-state index in [1.54, 1.807) is 24.5 Å². The fourth-order valence-corrected chi connectivity index (χ4v) is 3.29. The zero-order valence-corrected chi connectivity index (χ0v) is 20.6. The molecule has 0 unspecified atom stereocenters. The fourth-order valence-electron chi connectivity index (χ4n) is 3.29. The van der Waals surface area contributed by atoms with Gasteiger partial charge in [0.25, 0.3) is 0 Å². The van der Waals surface area contributed by atoms with Crippen LogP contribution >= 0.6 is 0 Å². The maximum atomic E-state index is 10.5. The van der Waals surface area contributed by atoms with Gasteiger partial charge in [-0.25, -0.2) is 0 Å². The second kappa shape index (κ2) is 16.6. The fraction of sp³-hybridized carbons (Fsp3) is 0.556. The highest BCUT2D eigenvalue weighted by atomic mass is 16.5. The zero-order chi connectivity index (χ0) is 24.4. The monoisotopic (exact) mass is 469 g/mol. The van der Waals surface area contributed by atoms with Crippen molar-refractivity contribution in [3.05, 3.63) is 42.7 Å². The molecule has 2 rings (SSSR count). The van der Waals surface area contributed by atoms with Crippen molar-refractivity contribution in [2.24, 2.45) is 16.1 Å². The lowest BCUT2D eigenvalue weighted by molar-refractivity contribution is -0.137. The highest BCUT2D eigenvalue weighted by molar-refractivity contribution is 5.66. The van der Waals surface area contributed by atoms with Gasteiger partial charge in [0.2, 0.25) is 0 Å². The first kappa shape index (κ1) is 27.3. The minimum atomic E-state index is -0.697. The first-order valence-electron chi connectivity index (χ1n) is 12.5. The molecule has 0 aliphatic rings. The van der Waals surface area contributed by atoms with Gasteiger partial charge in [-0.05, 0) is 43.0 Å². The number of nitrogens with zero attached hydrogens (tertiary/aromatic N) is 3. The Labute approximate surface area is 203 Å². The predicted octanol–water partition coefficient (Wildman–Crippen LogP) is 7.90. The molecule has 0 amide bonds. The van der Waals surface area contributed by atoms with Crippen molar-refractivity contribution in [1.29, 1.82) is 0 Å². The number of carboxylic acid groups (broad SMARTS) is 1. The number of unbranched alkanes of at least 4 members (excludes halogenated alkanes) is 7. The minimum absolute atomic E-state index is 0.287. The lowest BCUT2D eigenvalue weighted by Gasteiger charge is -2.15. The summed E-state index contributed by atoms with van der Waals surface area (Å²) >= 11 is 0. The average molecular weight is 470 g/mol. The summed E-state index contributed by atoms with van der Waals surface area (Å²) in [5.41, 5.74) is 1.46. The molecule has 2 aromatic rings. The Morgan fingerprint density at radius 1 is 0.882 bits per heavy atom. The van der Waals surface area contributed by atoms with Crippen LogP contribution in [0.25, 0.3) is 0 Å². The molecule has 0 spiro atoms. The van der Waals surface area contributed by atoms with Crippen molar-refractivity contribution in [2.75, 3.05) is 13.2 Å². The first-order valence-corrected chi connectivity index (χ1v) is 12.5. The van der Waals surface area contributed by atoms with Crippen LogP contribution in [-0.4, -0.2) is 29.3 Å². The van der Waals surface area contributed by atoms with Crippen LogP contribution in [0.3, 0.4) is 0 Å². The van der Waals surface area contributed by atoms with Gasteiger partial charge in [0.05, 0.1) is 24.6 Å². The zero-order valence-electron chi connectivity index (χ0n) is 20.6. The molecule has 186 valence electrons. The Kier molecular flexibility index (Phi) is 13.3. The molecular formula is C27H39N3O4. The van der Waals surface area contributed by atoms with E-state index in [9.17, 15) is 4.79 Å². The van der Waals surface area contributed by atoms with Crippen molar-refractivity contribution < 1.29 is 19.4 Å². The van der Waals surface area contributed by atoms with Crippen molar-refractivity contribution in [3.63, 3.8) is 0 Å². The first-order chi connectivity index (χ1) is 16.6. The Hall–Kier alpha value is -2.96. The minimum Gasteiger partial charge on any atom is -0.490 e. The van der Waals surface area contributed by atoms with E-state index in [1.807, 2.05) is 18.2 Å². The van der Waals surface area contributed by atoms with Gasteiger partial charge in [0.15, 0.2) is 11.5 Å². The quantitative estimate of drug-likeness (QED) is 0.177. The number of carboxylic acids is 1. The standard InChI is InChI=1S/C27H39N3O4/c1-3-22(2)21-34-26-20-24(30-29-23-15-17-28-18-16-23)13-14-25(26)33-19-11-9-7-5-4-6-8-10-12-27(31)32/h13-18,20,22H,3-12,19,21H2,1-2H3,(H,31,32)/t22-/m0/s1. The third-order valence-corrected chi connectivity index (χ3v) is 5.63. The third kappa shape index (κ3) is 11.8. The smallest absolute Gasteiger partial charge is 0.303 e. The van der Waals surface area contributed by atoms with Gasteiger partial charge < -0.3 is 14.6 Å². The summed E-state index contributed by atoms with van der Waals surface area (Å²) in [6, 6.07) is 9.29. The molecule has 1 atom stereocenters. The number of aromatic nitrogens is 1. The van der Waals surface area contributed by atoms with E-state index in [0.29, 0.717) is 30.6 Å². The summed E-state index contributed by atoms with van der Waals surface area (Å²) in [7, 11) is 0. The summed E-state index contributed by atoms with van der Waals surface area (Å²) in [6.45, 7) is 5.60.